The summed E-state index contributed by atoms with van der Waals surface area (Å²) in [5.41, 5.74) is 5.30. The summed E-state index contributed by atoms with van der Waals surface area (Å²) in [5.74, 6) is -4.88. The van der Waals surface area contributed by atoms with E-state index in [0.717, 1.165) is 23.8 Å². The molecule has 2 fully saturated rings. The highest BCUT2D eigenvalue weighted by atomic mass is 35.5. The number of rotatable bonds is 23. The number of nitrogens with zero attached hydrogens (tertiary/aromatic N) is 3. The number of anilines is 2. The number of nitrogens with two attached hydrogens (primary N) is 1. The second-order valence-electron chi connectivity index (χ2n) is 18.2. The molecule has 0 spiro atoms. The van der Waals surface area contributed by atoms with Crippen LogP contribution < -0.4 is 42.6 Å². The molecule has 2 aliphatic heterocycles. The van der Waals surface area contributed by atoms with Crippen molar-refractivity contribution in [1.82, 2.24) is 30.7 Å². The predicted molar refractivity (Wildman–Crippen MR) is 256 cm³/mol. The Morgan fingerprint density at radius 2 is 1.61 bits per heavy atom. The molecule has 1 aromatic heterocycles. The van der Waals surface area contributed by atoms with Crippen LogP contribution in [-0.4, -0.2) is 107 Å². The molecule has 6 rings (SSSR count). The maximum absolute atomic E-state index is 15.7. The summed E-state index contributed by atoms with van der Waals surface area (Å²) in [7, 11) is 0. The minimum absolute atomic E-state index is 0.0231. The zero-order valence-corrected chi connectivity index (χ0v) is 39.9. The standard InChI is InChI=1S/C48H59ClFN9O11/c1-26(2)40(56-36(60)9-5-4-6-20-58-37(61)16-17-38(58)62)45(65)55-35(8-7-19-52-47(51)68)44(64)54-30-12-10-28(11-13-30)25-70-48(69)53-27(3)29-18-21-57(23-29)42-34(50)22-32-41(39(42)49)59(31-14-15-31)24-33(43(32)63)46(66)67/h10-13,16-17,22,24,26-27,29,31,35,40H,4-9,14-15,18-21,23,25H2,1-3H3,(H,53,69)(H,54,64)(H,55,65)(H,56,60)(H,66,67)(H3,51,52,68)/t27?,29?,35-,40?/m0/s1. The first-order valence-electron chi connectivity index (χ1n) is 23.4. The maximum Gasteiger partial charge on any atom is 0.407 e. The first-order valence-corrected chi connectivity index (χ1v) is 23.7. The van der Waals surface area contributed by atoms with Gasteiger partial charge >= 0.3 is 18.1 Å². The molecule has 3 unspecified atom stereocenters. The van der Waals surface area contributed by atoms with Crippen LogP contribution in [0.4, 0.5) is 25.4 Å². The van der Waals surface area contributed by atoms with Crippen LogP contribution in [0.25, 0.3) is 10.9 Å². The number of carboxylic acids is 1. The van der Waals surface area contributed by atoms with Gasteiger partial charge in [-0.05, 0) is 87.5 Å². The van der Waals surface area contributed by atoms with Crippen LogP contribution in [0, 0.1) is 17.7 Å². The second kappa shape index (κ2) is 23.5. The summed E-state index contributed by atoms with van der Waals surface area (Å²) in [4.78, 5) is 115. The van der Waals surface area contributed by atoms with Crippen molar-refractivity contribution in [2.75, 3.05) is 36.4 Å². The molecule has 8 N–H and O–H groups in total. The van der Waals surface area contributed by atoms with Crippen LogP contribution in [-0.2, 0) is 35.3 Å². The SMILES string of the molecule is CC(C)C(NC(=O)CCCCCN1C(=O)C=CC1=O)C(=O)N[C@@H](CCCNC(N)=O)C(=O)Nc1ccc(COC(=O)NC(C)C2CCN(c3c(F)cc4c(=O)c(C(=O)O)cn(C5CC5)c4c3Cl)C2)cc1. The Morgan fingerprint density at radius 1 is 0.914 bits per heavy atom. The average molecular weight is 993 g/mol. The van der Waals surface area contributed by atoms with Crippen molar-refractivity contribution in [2.24, 2.45) is 17.6 Å². The average Bonchev–Trinajstić information content (AvgIpc) is 3.95. The van der Waals surface area contributed by atoms with Crippen LogP contribution in [0.3, 0.4) is 0 Å². The summed E-state index contributed by atoms with van der Waals surface area (Å²) in [6.45, 7) is 6.32. The fraction of sp³-hybridized carbons (Fsp3) is 0.479. The minimum atomic E-state index is -1.40. The summed E-state index contributed by atoms with van der Waals surface area (Å²) in [6, 6.07) is 4.29. The number of hydrogen-bond donors (Lipinski definition) is 7. The Labute approximate surface area is 407 Å². The van der Waals surface area contributed by atoms with Crippen molar-refractivity contribution in [2.45, 2.75) is 109 Å². The molecule has 0 bridgehead atoms. The fourth-order valence-electron chi connectivity index (χ4n) is 8.53. The number of benzene rings is 2. The molecule has 20 nitrogen and oxygen atoms in total. The number of primary amides is 1. The number of fused-ring (bicyclic) bond motifs is 1. The number of imide groups is 1. The van der Waals surface area contributed by atoms with Gasteiger partial charge in [-0.25, -0.2) is 18.8 Å². The molecule has 22 heteroatoms. The van der Waals surface area contributed by atoms with E-state index in [1.807, 2.05) is 6.92 Å². The number of alkyl carbamates (subject to hydrolysis) is 1. The number of urea groups is 1. The highest BCUT2D eigenvalue weighted by molar-refractivity contribution is 6.38. The third-order valence-electron chi connectivity index (χ3n) is 12.6. The highest BCUT2D eigenvalue weighted by Crippen LogP contribution is 2.43. The zero-order chi connectivity index (χ0) is 50.8. The van der Waals surface area contributed by atoms with E-state index in [1.54, 1.807) is 47.6 Å². The van der Waals surface area contributed by atoms with Gasteiger partial charge in [0.25, 0.3) is 11.8 Å². The topological polar surface area (TPSA) is 281 Å². The van der Waals surface area contributed by atoms with E-state index in [2.05, 4.69) is 26.6 Å². The van der Waals surface area contributed by atoms with E-state index in [0.29, 0.717) is 50.0 Å². The largest absolute Gasteiger partial charge is 0.477 e. The number of unbranched alkanes of at least 4 members (excludes halogenated alkanes) is 2. The number of ether oxygens (including phenoxy) is 1. The number of amides is 8. The number of hydrogen-bond acceptors (Lipinski definition) is 11. The number of aromatic carboxylic acids is 1. The van der Waals surface area contributed by atoms with E-state index in [4.69, 9.17) is 22.1 Å². The fourth-order valence-corrected chi connectivity index (χ4v) is 8.94. The molecule has 1 saturated heterocycles. The molecule has 3 aliphatic rings. The number of aromatic nitrogens is 1. The first-order chi connectivity index (χ1) is 33.3. The Morgan fingerprint density at radius 3 is 2.26 bits per heavy atom. The summed E-state index contributed by atoms with van der Waals surface area (Å²) in [6.07, 6.45) is 7.18. The lowest BCUT2D eigenvalue weighted by Gasteiger charge is -2.25. The summed E-state index contributed by atoms with van der Waals surface area (Å²) >= 11 is 6.83. The monoisotopic (exact) mass is 991 g/mol. The highest BCUT2D eigenvalue weighted by Gasteiger charge is 2.35. The van der Waals surface area contributed by atoms with Gasteiger partial charge in [-0.1, -0.05) is 44.0 Å². The van der Waals surface area contributed by atoms with Gasteiger partial charge in [-0.3, -0.25) is 33.7 Å². The molecule has 3 heterocycles. The Balaban J connectivity index is 0.981. The lowest BCUT2D eigenvalue weighted by Crippen LogP contribution is -2.54. The predicted octanol–water partition coefficient (Wildman–Crippen LogP) is 4.47. The third-order valence-corrected chi connectivity index (χ3v) is 13.0. The normalized spacial score (nSPS) is 16.8. The third kappa shape index (κ3) is 13.4. The molecule has 70 heavy (non-hydrogen) atoms. The van der Waals surface area contributed by atoms with Crippen molar-refractivity contribution in [1.29, 1.82) is 0 Å². The minimum Gasteiger partial charge on any atom is -0.477 e. The van der Waals surface area contributed by atoms with Crippen LogP contribution >= 0.6 is 11.6 Å². The zero-order valence-electron chi connectivity index (χ0n) is 39.2. The molecule has 1 aliphatic carbocycles. The Kier molecular flexibility index (Phi) is 17.6. The van der Waals surface area contributed by atoms with E-state index < -0.39 is 64.8 Å². The van der Waals surface area contributed by atoms with Crippen LogP contribution in [0.2, 0.25) is 5.02 Å². The number of nitrogens with one attached hydrogen (secondary N) is 5. The van der Waals surface area contributed by atoms with Gasteiger partial charge in [0.2, 0.25) is 23.2 Å². The number of halogens is 2. The second-order valence-corrected chi connectivity index (χ2v) is 18.6. The lowest BCUT2D eigenvalue weighted by molar-refractivity contribution is -0.137. The maximum atomic E-state index is 15.7. The van der Waals surface area contributed by atoms with Gasteiger partial charge in [0.05, 0.1) is 21.6 Å². The number of carbonyl (C=O) groups excluding carboxylic acids is 7. The number of carboxylic acid groups (broad SMARTS) is 1. The lowest BCUT2D eigenvalue weighted by atomic mass is 10.0. The Bertz CT molecular complexity index is 2580. The summed E-state index contributed by atoms with van der Waals surface area (Å²) < 4.78 is 22.9. The molecular formula is C48H59ClFN9O11. The first kappa shape index (κ1) is 52.3. The molecule has 4 atom stereocenters. The van der Waals surface area contributed by atoms with Gasteiger partial charge in [0.15, 0.2) is 0 Å². The van der Waals surface area contributed by atoms with Crippen molar-refractivity contribution in [3.8, 4) is 0 Å². The van der Waals surface area contributed by atoms with E-state index in [9.17, 15) is 48.3 Å². The molecule has 3 aromatic rings. The van der Waals surface area contributed by atoms with Gasteiger partial charge in [-0.2, -0.15) is 0 Å². The Hall–Kier alpha value is -7.03. The van der Waals surface area contributed by atoms with Crippen molar-refractivity contribution >= 4 is 81.5 Å². The van der Waals surface area contributed by atoms with Crippen molar-refractivity contribution in [3.63, 3.8) is 0 Å². The smallest absolute Gasteiger partial charge is 0.407 e. The molecule has 0 radical (unpaired) electrons. The quantitative estimate of drug-likeness (QED) is 0.0512. The van der Waals surface area contributed by atoms with Gasteiger partial charge in [-0.15, -0.1) is 0 Å². The van der Waals surface area contributed by atoms with Gasteiger partial charge < -0.3 is 51.6 Å². The van der Waals surface area contributed by atoms with Crippen molar-refractivity contribution in [3.05, 3.63) is 80.9 Å². The van der Waals surface area contributed by atoms with Gasteiger partial charge in [0.1, 0.15) is 30.1 Å². The van der Waals surface area contributed by atoms with Crippen LogP contribution in [0.5, 0.6) is 0 Å². The molecule has 8 amide bonds. The van der Waals surface area contributed by atoms with Crippen molar-refractivity contribution < 1.29 is 52.6 Å². The molecular weight excluding hydrogens is 933 g/mol. The van der Waals surface area contributed by atoms with E-state index >= 15 is 4.39 Å². The number of carbonyl (C=O) groups is 8. The molecule has 1 saturated carbocycles. The number of pyridine rings is 1. The van der Waals surface area contributed by atoms with E-state index in [-0.39, 0.29) is 96.2 Å². The van der Waals surface area contributed by atoms with Gasteiger partial charge in [0, 0.05) is 68.7 Å². The molecule has 376 valence electrons. The summed E-state index contributed by atoms with van der Waals surface area (Å²) in [5, 5.41) is 23.1. The van der Waals surface area contributed by atoms with Crippen LogP contribution in [0.15, 0.2) is 53.5 Å². The molecule has 2 aromatic carbocycles. The van der Waals surface area contributed by atoms with E-state index in [1.165, 1.54) is 18.3 Å². The van der Waals surface area contributed by atoms with Crippen LogP contribution in [0.1, 0.15) is 101 Å².